The van der Waals surface area contributed by atoms with Gasteiger partial charge in [-0.2, -0.15) is 10.2 Å². The summed E-state index contributed by atoms with van der Waals surface area (Å²) in [6, 6.07) is 13.2. The van der Waals surface area contributed by atoms with Crippen LogP contribution in [0, 0.1) is 23.1 Å². The third-order valence-electron chi connectivity index (χ3n) is 5.77. The first-order valence-electron chi connectivity index (χ1n) is 10.8. The molecule has 2 aliphatic heterocycles. The minimum absolute atomic E-state index is 0.00494. The Labute approximate surface area is 193 Å². The highest BCUT2D eigenvalue weighted by atomic mass is 19.1. The fourth-order valence-electron chi connectivity index (χ4n) is 4.16. The Morgan fingerprint density at radius 3 is 2.74 bits per heavy atom. The van der Waals surface area contributed by atoms with Crippen LogP contribution in [-0.2, 0) is 11.3 Å². The van der Waals surface area contributed by atoms with Crippen molar-refractivity contribution < 1.29 is 18.7 Å². The van der Waals surface area contributed by atoms with E-state index in [1.807, 2.05) is 24.3 Å². The number of rotatable bonds is 4. The standard InChI is InChI=1S/C24H20FN5O4/c25-16-5-2-1-4-14(16)19-15(11-26)22(31)28-21-20(19)23(32)30-24(29-21)27-12-13-6-7-17-18(10-13)34-9-3-8-33-17/h1-2,4-7,10,15,19H,3,8-9,12H2,(H3,27,28,29,30,31,32). The van der Waals surface area contributed by atoms with Gasteiger partial charge in [0.1, 0.15) is 17.6 Å². The second-order valence-corrected chi connectivity index (χ2v) is 7.96. The molecule has 9 nitrogen and oxygen atoms in total. The van der Waals surface area contributed by atoms with Crippen LogP contribution in [0.3, 0.4) is 0 Å². The maximum atomic E-state index is 14.6. The number of halogens is 1. The number of nitriles is 1. The van der Waals surface area contributed by atoms with E-state index in [-0.39, 0.29) is 22.9 Å². The van der Waals surface area contributed by atoms with Crippen molar-refractivity contribution in [3.8, 4) is 17.6 Å². The zero-order valence-electron chi connectivity index (χ0n) is 17.9. The first kappa shape index (κ1) is 21.5. The van der Waals surface area contributed by atoms with Crippen LogP contribution in [0.15, 0.2) is 47.3 Å². The molecule has 3 aromatic rings. The summed E-state index contributed by atoms with van der Waals surface area (Å²) >= 11 is 0. The van der Waals surface area contributed by atoms with Crippen molar-refractivity contribution >= 4 is 17.7 Å². The van der Waals surface area contributed by atoms with Crippen molar-refractivity contribution in [1.82, 2.24) is 9.97 Å². The number of H-pyrrole nitrogens is 1. The summed E-state index contributed by atoms with van der Waals surface area (Å²) in [5.41, 5.74) is 0.421. The molecule has 0 fully saturated rings. The first-order chi connectivity index (χ1) is 16.5. The van der Waals surface area contributed by atoms with Crippen molar-refractivity contribution in [3.05, 3.63) is 75.3 Å². The molecule has 0 bridgehead atoms. The minimum atomic E-state index is -1.27. The summed E-state index contributed by atoms with van der Waals surface area (Å²) in [4.78, 5) is 32.6. The molecule has 1 aromatic heterocycles. The molecule has 5 rings (SSSR count). The highest BCUT2D eigenvalue weighted by Gasteiger charge is 2.41. The SMILES string of the molecule is N#CC1C(=O)Nc2nc(NCc3ccc4c(c3)OCCCO4)[nH]c(=O)c2C1c1ccccc1F. The predicted molar refractivity (Wildman–Crippen MR) is 120 cm³/mol. The van der Waals surface area contributed by atoms with Gasteiger partial charge in [-0.25, -0.2) is 4.39 Å². The van der Waals surface area contributed by atoms with Crippen molar-refractivity contribution in [2.75, 3.05) is 23.8 Å². The highest BCUT2D eigenvalue weighted by Crippen LogP contribution is 2.39. The van der Waals surface area contributed by atoms with E-state index in [1.165, 1.54) is 18.2 Å². The lowest BCUT2D eigenvalue weighted by Crippen LogP contribution is -2.38. The number of anilines is 2. The van der Waals surface area contributed by atoms with E-state index in [2.05, 4.69) is 20.6 Å². The van der Waals surface area contributed by atoms with Gasteiger partial charge in [0.15, 0.2) is 11.5 Å². The van der Waals surface area contributed by atoms with E-state index >= 15 is 0 Å². The summed E-state index contributed by atoms with van der Waals surface area (Å²) in [5.74, 6) is -2.16. The number of hydrogen-bond donors (Lipinski definition) is 3. The van der Waals surface area contributed by atoms with Crippen LogP contribution in [0.2, 0.25) is 0 Å². The molecule has 2 aromatic carbocycles. The monoisotopic (exact) mass is 461 g/mol. The number of carbonyl (C=O) groups excluding carboxylic acids is 1. The summed E-state index contributed by atoms with van der Waals surface area (Å²) in [6.07, 6.45) is 0.800. The largest absolute Gasteiger partial charge is 0.490 e. The Morgan fingerprint density at radius 1 is 1.15 bits per heavy atom. The molecule has 34 heavy (non-hydrogen) atoms. The Morgan fingerprint density at radius 2 is 1.94 bits per heavy atom. The lowest BCUT2D eigenvalue weighted by molar-refractivity contribution is -0.119. The van der Waals surface area contributed by atoms with Crippen LogP contribution in [-0.4, -0.2) is 29.1 Å². The maximum Gasteiger partial charge on any atom is 0.258 e. The number of fused-ring (bicyclic) bond motifs is 2. The van der Waals surface area contributed by atoms with Crippen LogP contribution in [0.4, 0.5) is 16.2 Å². The summed E-state index contributed by atoms with van der Waals surface area (Å²) in [5, 5.41) is 15.1. The minimum Gasteiger partial charge on any atom is -0.490 e. The van der Waals surface area contributed by atoms with Crippen LogP contribution >= 0.6 is 0 Å². The molecule has 0 saturated heterocycles. The number of carbonyl (C=O) groups is 1. The third kappa shape index (κ3) is 3.92. The summed E-state index contributed by atoms with van der Waals surface area (Å²) in [6.45, 7) is 1.47. The zero-order valence-corrected chi connectivity index (χ0v) is 17.9. The van der Waals surface area contributed by atoms with Gasteiger partial charge in [0, 0.05) is 18.9 Å². The smallest absolute Gasteiger partial charge is 0.258 e. The Hall–Kier alpha value is -4.39. The quantitative estimate of drug-likeness (QED) is 0.545. The second-order valence-electron chi connectivity index (χ2n) is 7.96. The number of nitrogens with zero attached hydrogens (tertiary/aromatic N) is 2. The van der Waals surface area contributed by atoms with E-state index in [9.17, 15) is 19.2 Å². The summed E-state index contributed by atoms with van der Waals surface area (Å²) < 4.78 is 25.9. The Kier molecular flexibility index (Phi) is 5.59. The van der Waals surface area contributed by atoms with E-state index in [1.54, 1.807) is 6.07 Å². The van der Waals surface area contributed by atoms with Crippen molar-refractivity contribution in [3.63, 3.8) is 0 Å². The van der Waals surface area contributed by atoms with Crippen LogP contribution in [0.25, 0.3) is 0 Å². The molecule has 1 amide bonds. The number of amides is 1. The van der Waals surface area contributed by atoms with Gasteiger partial charge in [-0.15, -0.1) is 0 Å². The lowest BCUT2D eigenvalue weighted by atomic mass is 9.79. The average Bonchev–Trinajstić information content (AvgIpc) is 3.07. The molecule has 3 N–H and O–H groups in total. The molecule has 2 aliphatic rings. The fourth-order valence-corrected chi connectivity index (χ4v) is 4.16. The number of benzene rings is 2. The molecular formula is C24H20FN5O4. The van der Waals surface area contributed by atoms with Crippen LogP contribution in [0.1, 0.15) is 29.0 Å². The summed E-state index contributed by atoms with van der Waals surface area (Å²) in [7, 11) is 0. The molecular weight excluding hydrogens is 441 g/mol. The van der Waals surface area contributed by atoms with Gasteiger partial charge in [0.2, 0.25) is 11.9 Å². The van der Waals surface area contributed by atoms with Crippen molar-refractivity contribution in [2.24, 2.45) is 5.92 Å². The predicted octanol–water partition coefficient (Wildman–Crippen LogP) is 2.91. The number of nitrogens with one attached hydrogen (secondary N) is 3. The second kappa shape index (κ2) is 8.86. The molecule has 0 radical (unpaired) electrons. The van der Waals surface area contributed by atoms with Gasteiger partial charge in [0.05, 0.1) is 24.8 Å². The zero-order chi connectivity index (χ0) is 23.7. The lowest BCUT2D eigenvalue weighted by Gasteiger charge is -2.28. The van der Waals surface area contributed by atoms with Crippen molar-refractivity contribution in [1.29, 1.82) is 5.26 Å². The van der Waals surface area contributed by atoms with Crippen molar-refractivity contribution in [2.45, 2.75) is 18.9 Å². The Balaban J connectivity index is 1.45. The van der Waals surface area contributed by atoms with E-state index in [0.29, 0.717) is 31.3 Å². The number of aromatic nitrogens is 2. The van der Waals surface area contributed by atoms with Gasteiger partial charge < -0.3 is 20.1 Å². The van der Waals surface area contributed by atoms with E-state index < -0.39 is 29.1 Å². The van der Waals surface area contributed by atoms with E-state index in [0.717, 1.165) is 12.0 Å². The molecule has 2 atom stereocenters. The van der Waals surface area contributed by atoms with Gasteiger partial charge in [0.25, 0.3) is 5.56 Å². The average molecular weight is 461 g/mol. The number of aromatic amines is 1. The molecule has 0 spiro atoms. The van der Waals surface area contributed by atoms with Crippen LogP contribution in [0.5, 0.6) is 11.5 Å². The maximum absolute atomic E-state index is 14.6. The highest BCUT2D eigenvalue weighted by molar-refractivity contribution is 5.98. The van der Waals surface area contributed by atoms with Gasteiger partial charge in [-0.05, 0) is 29.3 Å². The van der Waals surface area contributed by atoms with Gasteiger partial charge in [-0.3, -0.25) is 14.6 Å². The first-order valence-corrected chi connectivity index (χ1v) is 10.8. The number of ether oxygens (including phenoxy) is 2. The van der Waals surface area contributed by atoms with Gasteiger partial charge >= 0.3 is 0 Å². The molecule has 2 unspecified atom stereocenters. The van der Waals surface area contributed by atoms with Crippen LogP contribution < -0.4 is 25.7 Å². The van der Waals surface area contributed by atoms with E-state index in [4.69, 9.17) is 9.47 Å². The molecule has 10 heteroatoms. The Bertz CT molecular complexity index is 1370. The topological polar surface area (TPSA) is 129 Å². The molecule has 172 valence electrons. The molecule has 3 heterocycles. The fraction of sp³-hybridized carbons (Fsp3) is 0.250. The third-order valence-corrected chi connectivity index (χ3v) is 5.77. The van der Waals surface area contributed by atoms with Gasteiger partial charge in [-0.1, -0.05) is 24.3 Å². The normalized spacial score (nSPS) is 18.8. The number of hydrogen-bond acceptors (Lipinski definition) is 7. The molecule has 0 aliphatic carbocycles. The molecule has 0 saturated carbocycles.